The van der Waals surface area contributed by atoms with E-state index in [0.29, 0.717) is 25.1 Å². The van der Waals surface area contributed by atoms with Gasteiger partial charge in [0.1, 0.15) is 5.75 Å². The van der Waals surface area contributed by atoms with Gasteiger partial charge in [-0.1, -0.05) is 24.3 Å². The summed E-state index contributed by atoms with van der Waals surface area (Å²) in [5.74, 6) is 0.562. The molecule has 0 spiro atoms. The Balaban J connectivity index is 1.57. The third kappa shape index (κ3) is 3.81. The normalized spacial score (nSPS) is 12.6. The van der Waals surface area contributed by atoms with E-state index in [0.717, 1.165) is 11.3 Å². The molecule has 3 rings (SSSR count). The zero-order chi connectivity index (χ0) is 16.8. The van der Waals surface area contributed by atoms with Crippen LogP contribution in [0.15, 0.2) is 71.4 Å². The molecule has 5 heteroatoms. The smallest absolute Gasteiger partial charge is 0.251 e. The van der Waals surface area contributed by atoms with Crippen molar-refractivity contribution < 1.29 is 9.53 Å². The summed E-state index contributed by atoms with van der Waals surface area (Å²) in [7, 11) is 0. The van der Waals surface area contributed by atoms with Crippen molar-refractivity contribution in [3.05, 3.63) is 82.5 Å². The van der Waals surface area contributed by atoms with E-state index < -0.39 is 0 Å². The third-order valence-electron chi connectivity index (χ3n) is 3.70. The predicted octanol–water partition coefficient (Wildman–Crippen LogP) is 2.34. The number of aryl methyl sites for hydroxylation is 1. The number of amides is 1. The molecular formula is C19H18N2O3. The SMILES string of the molecule is O=C(NCCCn1ccccc1=O)C1=Cc2ccccc2OC=C1. The third-order valence-corrected chi connectivity index (χ3v) is 3.70. The van der Waals surface area contributed by atoms with Gasteiger partial charge in [-0.25, -0.2) is 0 Å². The molecule has 1 N–H and O–H groups in total. The lowest BCUT2D eigenvalue weighted by atomic mass is 10.1. The minimum absolute atomic E-state index is 0.0352. The maximum atomic E-state index is 12.3. The molecule has 0 atom stereocenters. The van der Waals surface area contributed by atoms with Crippen LogP contribution in [0, 0.1) is 0 Å². The fraction of sp³-hybridized carbons (Fsp3) is 0.158. The molecule has 0 fully saturated rings. The van der Waals surface area contributed by atoms with E-state index in [1.807, 2.05) is 30.3 Å². The van der Waals surface area contributed by atoms with Gasteiger partial charge in [0, 0.05) is 36.5 Å². The van der Waals surface area contributed by atoms with Crippen molar-refractivity contribution in [1.82, 2.24) is 9.88 Å². The van der Waals surface area contributed by atoms with Crippen LogP contribution in [0.1, 0.15) is 12.0 Å². The van der Waals surface area contributed by atoms with Crippen LogP contribution in [-0.2, 0) is 11.3 Å². The standard InChI is InChI=1S/C19H18N2O3/c22-18-8-3-4-11-21(18)12-5-10-20-19(23)16-9-13-24-17-7-2-1-6-15(17)14-16/h1-4,6-9,11,13-14H,5,10,12H2,(H,20,23). The number of para-hydroxylation sites is 1. The van der Waals surface area contributed by atoms with Crippen LogP contribution in [0.2, 0.25) is 0 Å². The second-order valence-corrected chi connectivity index (χ2v) is 5.40. The molecule has 24 heavy (non-hydrogen) atoms. The Morgan fingerprint density at radius 3 is 2.83 bits per heavy atom. The Kier molecular flexibility index (Phi) is 4.91. The van der Waals surface area contributed by atoms with Gasteiger partial charge in [0.15, 0.2) is 0 Å². The van der Waals surface area contributed by atoms with Gasteiger partial charge in [-0.3, -0.25) is 9.59 Å². The highest BCUT2D eigenvalue weighted by atomic mass is 16.5. The topological polar surface area (TPSA) is 60.3 Å². The van der Waals surface area contributed by atoms with Crippen molar-refractivity contribution in [2.75, 3.05) is 6.54 Å². The van der Waals surface area contributed by atoms with E-state index in [4.69, 9.17) is 4.74 Å². The number of ether oxygens (including phenoxy) is 1. The number of benzene rings is 1. The van der Waals surface area contributed by atoms with E-state index in [9.17, 15) is 9.59 Å². The second-order valence-electron chi connectivity index (χ2n) is 5.40. The first-order valence-electron chi connectivity index (χ1n) is 7.82. The largest absolute Gasteiger partial charge is 0.464 e. The molecule has 1 aliphatic heterocycles. The first kappa shape index (κ1) is 15.8. The van der Waals surface area contributed by atoms with Crippen molar-refractivity contribution in [1.29, 1.82) is 0 Å². The van der Waals surface area contributed by atoms with Crippen molar-refractivity contribution in [2.24, 2.45) is 0 Å². The molecule has 1 aliphatic rings. The number of aromatic nitrogens is 1. The molecule has 0 saturated heterocycles. The van der Waals surface area contributed by atoms with Crippen LogP contribution >= 0.6 is 0 Å². The minimum atomic E-state index is -0.160. The first-order chi connectivity index (χ1) is 11.7. The van der Waals surface area contributed by atoms with Gasteiger partial charge in [-0.15, -0.1) is 0 Å². The second kappa shape index (κ2) is 7.46. The molecule has 0 aliphatic carbocycles. The number of hydrogen-bond acceptors (Lipinski definition) is 3. The van der Waals surface area contributed by atoms with Gasteiger partial charge in [0.25, 0.3) is 5.91 Å². The monoisotopic (exact) mass is 322 g/mol. The summed E-state index contributed by atoms with van der Waals surface area (Å²) in [6.07, 6.45) is 7.39. The van der Waals surface area contributed by atoms with E-state index in [1.54, 1.807) is 29.0 Å². The van der Waals surface area contributed by atoms with Gasteiger partial charge >= 0.3 is 0 Å². The molecule has 0 bridgehead atoms. The number of carbonyl (C=O) groups is 1. The van der Waals surface area contributed by atoms with Crippen LogP contribution in [0.5, 0.6) is 5.75 Å². The zero-order valence-corrected chi connectivity index (χ0v) is 13.1. The molecule has 2 heterocycles. The Morgan fingerprint density at radius 2 is 1.96 bits per heavy atom. The molecular weight excluding hydrogens is 304 g/mol. The van der Waals surface area contributed by atoms with E-state index in [2.05, 4.69) is 5.32 Å². The fourth-order valence-electron chi connectivity index (χ4n) is 2.44. The van der Waals surface area contributed by atoms with Crippen molar-refractivity contribution in [3.63, 3.8) is 0 Å². The van der Waals surface area contributed by atoms with Crippen molar-refractivity contribution in [3.8, 4) is 5.75 Å². The molecule has 1 aromatic heterocycles. The van der Waals surface area contributed by atoms with Crippen LogP contribution in [0.25, 0.3) is 6.08 Å². The maximum Gasteiger partial charge on any atom is 0.251 e. The highest BCUT2D eigenvalue weighted by Gasteiger charge is 2.11. The average Bonchev–Trinajstić information content (AvgIpc) is 2.82. The Labute approximate surface area is 139 Å². The highest BCUT2D eigenvalue weighted by Crippen LogP contribution is 2.24. The quantitative estimate of drug-likeness (QED) is 0.860. The summed E-state index contributed by atoms with van der Waals surface area (Å²) in [5.41, 5.74) is 1.37. The Bertz CT molecular complexity index is 849. The van der Waals surface area contributed by atoms with Gasteiger partial charge in [-0.2, -0.15) is 0 Å². The lowest BCUT2D eigenvalue weighted by Crippen LogP contribution is -2.27. The lowest BCUT2D eigenvalue weighted by Gasteiger charge is -2.07. The number of carbonyl (C=O) groups excluding carboxylic acids is 1. The van der Waals surface area contributed by atoms with Gasteiger partial charge in [-0.05, 0) is 30.7 Å². The number of nitrogens with zero attached hydrogens (tertiary/aromatic N) is 1. The molecule has 0 radical (unpaired) electrons. The van der Waals surface area contributed by atoms with Crippen LogP contribution < -0.4 is 15.6 Å². The highest BCUT2D eigenvalue weighted by molar-refractivity contribution is 6.01. The number of nitrogens with one attached hydrogen (secondary N) is 1. The molecule has 122 valence electrons. The molecule has 5 nitrogen and oxygen atoms in total. The van der Waals surface area contributed by atoms with Crippen molar-refractivity contribution >= 4 is 12.0 Å². The van der Waals surface area contributed by atoms with Crippen molar-refractivity contribution in [2.45, 2.75) is 13.0 Å². The molecule has 1 aromatic carbocycles. The van der Waals surface area contributed by atoms with Crippen LogP contribution in [-0.4, -0.2) is 17.0 Å². The Hall–Kier alpha value is -3.08. The lowest BCUT2D eigenvalue weighted by molar-refractivity contribution is -0.117. The number of rotatable bonds is 5. The van der Waals surface area contributed by atoms with Crippen LogP contribution in [0.3, 0.4) is 0 Å². The van der Waals surface area contributed by atoms with Gasteiger partial charge < -0.3 is 14.6 Å². The molecule has 2 aromatic rings. The van der Waals surface area contributed by atoms with E-state index >= 15 is 0 Å². The summed E-state index contributed by atoms with van der Waals surface area (Å²) >= 11 is 0. The van der Waals surface area contributed by atoms with Crippen LogP contribution in [0.4, 0.5) is 0 Å². The molecule has 0 saturated carbocycles. The summed E-state index contributed by atoms with van der Waals surface area (Å²) in [6.45, 7) is 1.06. The molecule has 1 amide bonds. The maximum absolute atomic E-state index is 12.3. The summed E-state index contributed by atoms with van der Waals surface area (Å²) in [4.78, 5) is 23.9. The van der Waals surface area contributed by atoms with E-state index in [1.165, 1.54) is 12.3 Å². The van der Waals surface area contributed by atoms with E-state index in [-0.39, 0.29) is 11.5 Å². The van der Waals surface area contributed by atoms with Gasteiger partial charge in [0.2, 0.25) is 5.56 Å². The average molecular weight is 322 g/mol. The number of pyridine rings is 1. The molecule has 0 unspecified atom stereocenters. The summed E-state index contributed by atoms with van der Waals surface area (Å²) in [6, 6.07) is 12.6. The zero-order valence-electron chi connectivity index (χ0n) is 13.1. The number of fused-ring (bicyclic) bond motifs is 1. The number of hydrogen-bond donors (Lipinski definition) is 1. The minimum Gasteiger partial charge on any atom is -0.464 e. The van der Waals surface area contributed by atoms with Gasteiger partial charge in [0.05, 0.1) is 6.26 Å². The first-order valence-corrected chi connectivity index (χ1v) is 7.82. The summed E-state index contributed by atoms with van der Waals surface area (Å²) < 4.78 is 7.10. The Morgan fingerprint density at radius 1 is 1.12 bits per heavy atom. The predicted molar refractivity (Wildman–Crippen MR) is 92.5 cm³/mol. The fourth-order valence-corrected chi connectivity index (χ4v) is 2.44. The summed E-state index contributed by atoms with van der Waals surface area (Å²) in [5, 5.41) is 2.87.